The quantitative estimate of drug-likeness (QED) is 0.937. The van der Waals surface area contributed by atoms with E-state index in [1.54, 1.807) is 0 Å². The van der Waals surface area contributed by atoms with Crippen molar-refractivity contribution in [3.63, 3.8) is 0 Å². The van der Waals surface area contributed by atoms with Crippen molar-refractivity contribution in [2.24, 2.45) is 0 Å². The number of nitrogens with one attached hydrogen (secondary N) is 1. The van der Waals surface area contributed by atoms with Crippen molar-refractivity contribution in [2.75, 3.05) is 6.54 Å². The zero-order chi connectivity index (χ0) is 15.5. The predicted octanol–water partition coefficient (Wildman–Crippen LogP) is 3.56. The average Bonchev–Trinajstić information content (AvgIpc) is 3.05. The molecule has 1 N–H and O–H groups in total. The molecule has 0 amide bonds. The highest BCUT2D eigenvalue weighted by molar-refractivity contribution is 5.16. The Morgan fingerprint density at radius 2 is 2.00 bits per heavy atom. The molecule has 1 aliphatic carbocycles. The first-order valence-corrected chi connectivity index (χ1v) is 8.77. The number of hydrogen-bond donors (Lipinski definition) is 1. The SMILES string of the molecule is c1ccc(COC2CCCNC2c2nc3c(o2)CCCC3)cc1. The molecule has 0 radical (unpaired) electrons. The van der Waals surface area contributed by atoms with Crippen LogP contribution in [0.4, 0.5) is 0 Å². The van der Waals surface area contributed by atoms with E-state index in [0.717, 1.165) is 43.9 Å². The Labute approximate surface area is 137 Å². The summed E-state index contributed by atoms with van der Waals surface area (Å²) >= 11 is 0. The highest BCUT2D eigenvalue weighted by Gasteiger charge is 2.32. The Balaban J connectivity index is 1.47. The molecule has 122 valence electrons. The summed E-state index contributed by atoms with van der Waals surface area (Å²) in [6.45, 7) is 1.65. The van der Waals surface area contributed by atoms with Crippen LogP contribution in [-0.2, 0) is 24.2 Å². The van der Waals surface area contributed by atoms with E-state index >= 15 is 0 Å². The molecule has 2 unspecified atom stereocenters. The van der Waals surface area contributed by atoms with Crippen LogP contribution in [-0.4, -0.2) is 17.6 Å². The van der Waals surface area contributed by atoms with Gasteiger partial charge in [-0.05, 0) is 44.2 Å². The highest BCUT2D eigenvalue weighted by atomic mass is 16.5. The van der Waals surface area contributed by atoms with Gasteiger partial charge in [0.1, 0.15) is 11.8 Å². The fourth-order valence-corrected chi connectivity index (χ4v) is 3.57. The molecular formula is C19H24N2O2. The number of hydrogen-bond acceptors (Lipinski definition) is 4. The van der Waals surface area contributed by atoms with Gasteiger partial charge in [0, 0.05) is 6.42 Å². The normalized spacial score (nSPS) is 24.3. The second kappa shape index (κ2) is 6.85. The standard InChI is InChI=1S/C19H24N2O2/c1-2-7-14(8-3-1)13-22-17-11-6-12-20-18(17)19-21-15-9-4-5-10-16(15)23-19/h1-3,7-8,17-18,20H,4-6,9-13H2. The number of oxazole rings is 1. The maximum atomic E-state index is 6.21. The number of piperidine rings is 1. The van der Waals surface area contributed by atoms with Crippen molar-refractivity contribution >= 4 is 0 Å². The Morgan fingerprint density at radius 1 is 1.13 bits per heavy atom. The highest BCUT2D eigenvalue weighted by Crippen LogP contribution is 2.30. The zero-order valence-corrected chi connectivity index (χ0v) is 13.5. The molecule has 0 spiro atoms. The largest absolute Gasteiger partial charge is 0.444 e. The van der Waals surface area contributed by atoms with Gasteiger partial charge in [-0.1, -0.05) is 30.3 Å². The number of fused-ring (bicyclic) bond motifs is 1. The molecule has 0 bridgehead atoms. The Kier molecular flexibility index (Phi) is 4.44. The van der Waals surface area contributed by atoms with Crippen LogP contribution in [0.15, 0.2) is 34.7 Å². The molecule has 4 rings (SSSR count). The third-order valence-corrected chi connectivity index (χ3v) is 4.84. The monoisotopic (exact) mass is 312 g/mol. The molecule has 2 atom stereocenters. The molecule has 0 saturated carbocycles. The van der Waals surface area contributed by atoms with Gasteiger partial charge < -0.3 is 14.5 Å². The van der Waals surface area contributed by atoms with Gasteiger partial charge >= 0.3 is 0 Å². The van der Waals surface area contributed by atoms with E-state index < -0.39 is 0 Å². The van der Waals surface area contributed by atoms with E-state index in [0.29, 0.717) is 6.61 Å². The minimum Gasteiger partial charge on any atom is -0.444 e. The molecule has 1 fully saturated rings. The Bertz CT molecular complexity index is 615. The maximum Gasteiger partial charge on any atom is 0.214 e. The number of nitrogens with zero attached hydrogens (tertiary/aromatic N) is 1. The van der Waals surface area contributed by atoms with E-state index in [4.69, 9.17) is 14.1 Å². The van der Waals surface area contributed by atoms with E-state index in [9.17, 15) is 0 Å². The van der Waals surface area contributed by atoms with E-state index in [1.807, 2.05) is 6.07 Å². The summed E-state index contributed by atoms with van der Waals surface area (Å²) in [5.41, 5.74) is 2.38. The van der Waals surface area contributed by atoms with Crippen LogP contribution in [0.5, 0.6) is 0 Å². The van der Waals surface area contributed by atoms with Crippen LogP contribution < -0.4 is 5.32 Å². The first kappa shape index (κ1) is 14.9. The van der Waals surface area contributed by atoms with Crippen molar-refractivity contribution in [1.82, 2.24) is 10.3 Å². The number of rotatable bonds is 4. The summed E-state index contributed by atoms with van der Waals surface area (Å²) in [7, 11) is 0. The minimum absolute atomic E-state index is 0.0815. The van der Waals surface area contributed by atoms with Crippen molar-refractivity contribution in [3.8, 4) is 0 Å². The van der Waals surface area contributed by atoms with Gasteiger partial charge in [-0.2, -0.15) is 0 Å². The fraction of sp³-hybridized carbons (Fsp3) is 0.526. The van der Waals surface area contributed by atoms with Gasteiger partial charge in [-0.25, -0.2) is 4.98 Å². The molecule has 1 aliphatic heterocycles. The van der Waals surface area contributed by atoms with E-state index in [1.165, 1.54) is 24.1 Å². The minimum atomic E-state index is 0.0815. The maximum absolute atomic E-state index is 6.21. The van der Waals surface area contributed by atoms with Gasteiger partial charge in [-0.3, -0.25) is 0 Å². The summed E-state index contributed by atoms with van der Waals surface area (Å²) in [5, 5.41) is 3.55. The molecule has 1 aromatic heterocycles. The fourth-order valence-electron chi connectivity index (χ4n) is 3.57. The topological polar surface area (TPSA) is 47.3 Å². The van der Waals surface area contributed by atoms with Crippen LogP contribution in [0.2, 0.25) is 0 Å². The lowest BCUT2D eigenvalue weighted by molar-refractivity contribution is -0.0101. The van der Waals surface area contributed by atoms with Crippen molar-refractivity contribution in [1.29, 1.82) is 0 Å². The van der Waals surface area contributed by atoms with Crippen LogP contribution in [0.1, 0.15) is 54.6 Å². The molecular weight excluding hydrogens is 288 g/mol. The van der Waals surface area contributed by atoms with Gasteiger partial charge in [0.2, 0.25) is 5.89 Å². The number of ether oxygens (including phenoxy) is 1. The van der Waals surface area contributed by atoms with Crippen molar-refractivity contribution < 1.29 is 9.15 Å². The van der Waals surface area contributed by atoms with Crippen LogP contribution >= 0.6 is 0 Å². The summed E-state index contributed by atoms with van der Waals surface area (Å²) < 4.78 is 12.3. The average molecular weight is 312 g/mol. The second-order valence-corrected chi connectivity index (χ2v) is 6.54. The summed E-state index contributed by atoms with van der Waals surface area (Å²) in [6, 6.07) is 10.4. The lowest BCUT2D eigenvalue weighted by Gasteiger charge is -2.30. The molecule has 1 saturated heterocycles. The molecule has 23 heavy (non-hydrogen) atoms. The number of benzene rings is 1. The van der Waals surface area contributed by atoms with Gasteiger partial charge in [0.05, 0.1) is 18.4 Å². The lowest BCUT2D eigenvalue weighted by Crippen LogP contribution is -2.39. The van der Waals surface area contributed by atoms with E-state index in [2.05, 4.69) is 29.6 Å². The third kappa shape index (κ3) is 3.33. The Hall–Kier alpha value is -1.65. The number of aryl methyl sites for hydroxylation is 2. The third-order valence-electron chi connectivity index (χ3n) is 4.84. The molecule has 4 nitrogen and oxygen atoms in total. The van der Waals surface area contributed by atoms with Gasteiger partial charge in [-0.15, -0.1) is 0 Å². The molecule has 4 heteroatoms. The summed E-state index contributed by atoms with van der Waals surface area (Å²) in [5.74, 6) is 1.93. The van der Waals surface area contributed by atoms with Crippen LogP contribution in [0, 0.1) is 0 Å². The Morgan fingerprint density at radius 3 is 2.87 bits per heavy atom. The van der Waals surface area contributed by atoms with Gasteiger partial charge in [0.15, 0.2) is 0 Å². The lowest BCUT2D eigenvalue weighted by atomic mass is 10.0. The summed E-state index contributed by atoms with van der Waals surface area (Å²) in [6.07, 6.45) is 6.85. The predicted molar refractivity (Wildman–Crippen MR) is 88.1 cm³/mol. The number of aromatic nitrogens is 1. The smallest absolute Gasteiger partial charge is 0.214 e. The van der Waals surface area contributed by atoms with Crippen LogP contribution in [0.3, 0.4) is 0 Å². The van der Waals surface area contributed by atoms with Gasteiger partial charge in [0.25, 0.3) is 0 Å². The molecule has 2 heterocycles. The molecule has 2 aliphatic rings. The summed E-state index contributed by atoms with van der Waals surface area (Å²) in [4.78, 5) is 4.77. The second-order valence-electron chi connectivity index (χ2n) is 6.54. The zero-order valence-electron chi connectivity index (χ0n) is 13.5. The first-order chi connectivity index (χ1) is 11.4. The van der Waals surface area contributed by atoms with Crippen molar-refractivity contribution in [3.05, 3.63) is 53.2 Å². The van der Waals surface area contributed by atoms with E-state index in [-0.39, 0.29) is 12.1 Å². The van der Waals surface area contributed by atoms with Crippen molar-refractivity contribution in [2.45, 2.75) is 57.3 Å². The first-order valence-electron chi connectivity index (χ1n) is 8.77. The molecule has 1 aromatic carbocycles. The molecule has 2 aromatic rings. The van der Waals surface area contributed by atoms with Crippen LogP contribution in [0.25, 0.3) is 0 Å².